The predicted octanol–water partition coefficient (Wildman–Crippen LogP) is 3.73. The molecule has 0 unspecified atom stereocenters. The summed E-state index contributed by atoms with van der Waals surface area (Å²) in [5.74, 6) is 0.349. The van der Waals surface area contributed by atoms with Crippen molar-refractivity contribution in [2.75, 3.05) is 11.1 Å². The Labute approximate surface area is 194 Å². The summed E-state index contributed by atoms with van der Waals surface area (Å²) in [4.78, 5) is 31.4. The quantitative estimate of drug-likeness (QED) is 0.411. The van der Waals surface area contributed by atoms with Crippen LogP contribution in [-0.4, -0.2) is 35.4 Å². The number of aromatic hydroxyl groups is 1. The van der Waals surface area contributed by atoms with Gasteiger partial charge in [0.2, 0.25) is 5.91 Å². The van der Waals surface area contributed by atoms with Gasteiger partial charge in [-0.2, -0.15) is 0 Å². The van der Waals surface area contributed by atoms with E-state index in [0.29, 0.717) is 28.5 Å². The summed E-state index contributed by atoms with van der Waals surface area (Å²) >= 11 is 5.95. The van der Waals surface area contributed by atoms with Gasteiger partial charge in [-0.1, -0.05) is 31.0 Å². The third-order valence-corrected chi connectivity index (χ3v) is 6.41. The van der Waals surface area contributed by atoms with Gasteiger partial charge in [0, 0.05) is 18.6 Å². The Hall–Kier alpha value is -3.72. The van der Waals surface area contributed by atoms with Crippen LogP contribution in [0.4, 0.5) is 11.6 Å². The zero-order chi connectivity index (χ0) is 23.3. The van der Waals surface area contributed by atoms with Gasteiger partial charge in [-0.3, -0.25) is 4.79 Å². The summed E-state index contributed by atoms with van der Waals surface area (Å²) < 4.78 is 1.89. The maximum absolute atomic E-state index is 13.1. The molecule has 168 valence electrons. The molecule has 0 bridgehead atoms. The molecule has 4 N–H and O–H groups in total. The molecule has 1 aromatic carbocycles. The van der Waals surface area contributed by atoms with E-state index in [1.54, 1.807) is 25.4 Å². The molecule has 5 rings (SSSR count). The number of nitrogens with one attached hydrogen (secondary N) is 1. The Morgan fingerprint density at radius 1 is 1.27 bits per heavy atom. The standard InChI is InChI=1S/C23H22ClN7O2/c1-3-4-5-14-21-26-8-9-31(21)11-15(27-14)19-28-18(25)17-20(29-19)30-22(33)23(17,2)12-6-7-13(24)16(32)10-12/h6-11,32H,3-5H2,1-2H3,(H3,25,28,29,30,33)/t23-/m0/s1. The van der Waals surface area contributed by atoms with Crippen molar-refractivity contribution in [2.45, 2.75) is 38.5 Å². The van der Waals surface area contributed by atoms with Crippen LogP contribution in [0.25, 0.3) is 17.2 Å². The average molecular weight is 464 g/mol. The number of anilines is 2. The minimum Gasteiger partial charge on any atom is -0.506 e. The van der Waals surface area contributed by atoms with Gasteiger partial charge in [-0.05, 0) is 37.5 Å². The summed E-state index contributed by atoms with van der Waals surface area (Å²) in [6, 6.07) is 4.67. The highest BCUT2D eigenvalue weighted by atomic mass is 35.5. The minimum atomic E-state index is -1.19. The first-order valence-corrected chi connectivity index (χ1v) is 11.0. The highest BCUT2D eigenvalue weighted by molar-refractivity contribution is 6.32. The number of aromatic nitrogens is 5. The van der Waals surface area contributed by atoms with Crippen molar-refractivity contribution in [2.24, 2.45) is 0 Å². The van der Waals surface area contributed by atoms with Gasteiger partial charge in [0.15, 0.2) is 11.5 Å². The van der Waals surface area contributed by atoms with Crippen molar-refractivity contribution in [3.63, 3.8) is 0 Å². The number of amides is 1. The van der Waals surface area contributed by atoms with Gasteiger partial charge in [0.05, 0.1) is 16.3 Å². The van der Waals surface area contributed by atoms with Gasteiger partial charge in [-0.25, -0.2) is 19.9 Å². The number of nitrogen functional groups attached to an aromatic ring is 1. The Kier molecular flexibility index (Phi) is 4.93. The fraction of sp³-hybridized carbons (Fsp3) is 0.261. The third kappa shape index (κ3) is 3.27. The zero-order valence-corrected chi connectivity index (χ0v) is 18.9. The number of phenolic OH excluding ortho intramolecular Hbond substituents is 1. The van der Waals surface area contributed by atoms with Gasteiger partial charge < -0.3 is 20.6 Å². The van der Waals surface area contributed by atoms with Crippen LogP contribution in [0.15, 0.2) is 36.8 Å². The van der Waals surface area contributed by atoms with Crippen LogP contribution in [0, 0.1) is 0 Å². The number of nitrogens with two attached hydrogens (primary N) is 1. The number of benzene rings is 1. The molecule has 0 saturated heterocycles. The maximum atomic E-state index is 13.1. The molecule has 3 aromatic heterocycles. The first-order valence-electron chi connectivity index (χ1n) is 10.6. The second-order valence-electron chi connectivity index (χ2n) is 8.24. The van der Waals surface area contributed by atoms with Gasteiger partial charge in [0.1, 0.15) is 28.5 Å². The lowest BCUT2D eigenvalue weighted by Gasteiger charge is -2.23. The molecule has 0 saturated carbocycles. The summed E-state index contributed by atoms with van der Waals surface area (Å²) in [6.45, 7) is 3.84. The van der Waals surface area contributed by atoms with Crippen molar-refractivity contribution in [1.29, 1.82) is 0 Å². The fourth-order valence-electron chi connectivity index (χ4n) is 4.24. The summed E-state index contributed by atoms with van der Waals surface area (Å²) in [5.41, 5.74) is 8.37. The Bertz CT molecular complexity index is 1420. The lowest BCUT2D eigenvalue weighted by molar-refractivity contribution is -0.119. The zero-order valence-electron chi connectivity index (χ0n) is 18.1. The van der Waals surface area contributed by atoms with E-state index < -0.39 is 5.41 Å². The average Bonchev–Trinajstić information content (AvgIpc) is 3.37. The number of unbranched alkanes of at least 4 members (excludes halogenated alkanes) is 1. The fourth-order valence-corrected chi connectivity index (χ4v) is 4.36. The molecule has 1 aliphatic rings. The molecule has 0 spiro atoms. The van der Waals surface area contributed by atoms with E-state index in [0.717, 1.165) is 30.6 Å². The smallest absolute Gasteiger partial charge is 0.240 e. The molecule has 0 aliphatic carbocycles. The van der Waals surface area contributed by atoms with Crippen LogP contribution >= 0.6 is 11.6 Å². The summed E-state index contributed by atoms with van der Waals surface area (Å²) in [7, 11) is 0. The van der Waals surface area contributed by atoms with E-state index in [9.17, 15) is 9.90 Å². The number of fused-ring (bicyclic) bond motifs is 2. The number of halogens is 1. The van der Waals surface area contributed by atoms with Crippen LogP contribution < -0.4 is 11.1 Å². The molecule has 10 heteroatoms. The largest absolute Gasteiger partial charge is 0.506 e. The van der Waals surface area contributed by atoms with Crippen LogP contribution in [0.2, 0.25) is 5.02 Å². The maximum Gasteiger partial charge on any atom is 0.240 e. The SMILES string of the molecule is CCCCc1nc(-c2nc(N)c3c(n2)NC(=O)[C@@]3(C)c2ccc(Cl)c(O)c2)cn2ccnc12. The topological polar surface area (TPSA) is 131 Å². The van der Waals surface area contributed by atoms with Crippen molar-refractivity contribution < 1.29 is 9.90 Å². The molecule has 9 nitrogen and oxygen atoms in total. The van der Waals surface area contributed by atoms with E-state index in [-0.39, 0.29) is 22.5 Å². The van der Waals surface area contributed by atoms with Crippen molar-refractivity contribution in [1.82, 2.24) is 24.3 Å². The van der Waals surface area contributed by atoms with Gasteiger partial charge in [0.25, 0.3) is 0 Å². The first kappa shape index (κ1) is 21.1. The Morgan fingerprint density at radius 2 is 2.09 bits per heavy atom. The van der Waals surface area contributed by atoms with Crippen LogP contribution in [0.3, 0.4) is 0 Å². The Balaban J connectivity index is 1.64. The highest BCUT2D eigenvalue weighted by Gasteiger charge is 2.47. The number of carbonyl (C=O) groups is 1. The molecule has 33 heavy (non-hydrogen) atoms. The Morgan fingerprint density at radius 3 is 2.85 bits per heavy atom. The number of aryl methyl sites for hydroxylation is 1. The van der Waals surface area contributed by atoms with E-state index in [1.807, 2.05) is 10.6 Å². The second-order valence-corrected chi connectivity index (χ2v) is 8.64. The van der Waals surface area contributed by atoms with Crippen LogP contribution in [0.1, 0.15) is 43.5 Å². The highest BCUT2D eigenvalue weighted by Crippen LogP contribution is 2.46. The molecule has 4 heterocycles. The number of imidazole rings is 1. The van der Waals surface area contributed by atoms with E-state index in [2.05, 4.69) is 27.2 Å². The van der Waals surface area contributed by atoms with Crippen LogP contribution in [-0.2, 0) is 16.6 Å². The number of rotatable bonds is 5. The van der Waals surface area contributed by atoms with E-state index >= 15 is 0 Å². The molecule has 1 amide bonds. The van der Waals surface area contributed by atoms with Crippen LogP contribution in [0.5, 0.6) is 5.75 Å². The van der Waals surface area contributed by atoms with Crippen molar-refractivity contribution >= 4 is 34.8 Å². The molecule has 4 aromatic rings. The molecule has 0 radical (unpaired) electrons. The number of nitrogens with zero attached hydrogens (tertiary/aromatic N) is 5. The molecule has 1 aliphatic heterocycles. The molecule has 0 fully saturated rings. The minimum absolute atomic E-state index is 0.120. The van der Waals surface area contributed by atoms with E-state index in [1.165, 1.54) is 12.1 Å². The predicted molar refractivity (Wildman–Crippen MR) is 125 cm³/mol. The lowest BCUT2D eigenvalue weighted by atomic mass is 9.77. The normalized spacial score (nSPS) is 17.4. The van der Waals surface area contributed by atoms with E-state index in [4.69, 9.17) is 22.3 Å². The number of carbonyl (C=O) groups excluding carboxylic acids is 1. The number of hydrogen-bond donors (Lipinski definition) is 3. The molecular formula is C23H22ClN7O2. The van der Waals surface area contributed by atoms with Crippen molar-refractivity contribution in [3.8, 4) is 17.3 Å². The summed E-state index contributed by atoms with van der Waals surface area (Å²) in [5, 5.41) is 13.1. The number of phenols is 1. The van der Waals surface area contributed by atoms with Gasteiger partial charge >= 0.3 is 0 Å². The summed E-state index contributed by atoms with van der Waals surface area (Å²) in [6.07, 6.45) is 8.16. The second kappa shape index (κ2) is 7.70. The lowest BCUT2D eigenvalue weighted by Crippen LogP contribution is -2.32. The number of hydrogen-bond acceptors (Lipinski definition) is 7. The first-order chi connectivity index (χ1) is 15.8. The monoisotopic (exact) mass is 463 g/mol. The van der Waals surface area contributed by atoms with Gasteiger partial charge in [-0.15, -0.1) is 0 Å². The molecule has 1 atom stereocenters. The molecular weight excluding hydrogens is 442 g/mol. The third-order valence-electron chi connectivity index (χ3n) is 6.09. The van der Waals surface area contributed by atoms with Crippen molar-refractivity contribution in [3.05, 3.63) is 58.6 Å².